The van der Waals surface area contributed by atoms with Gasteiger partial charge in [0.1, 0.15) is 0 Å². The Morgan fingerprint density at radius 3 is 2.62 bits per heavy atom. The van der Waals surface area contributed by atoms with Crippen LogP contribution in [0.25, 0.3) is 0 Å². The van der Waals surface area contributed by atoms with E-state index in [-0.39, 0.29) is 0 Å². The highest BCUT2D eigenvalue weighted by Crippen LogP contribution is 2.30. The normalized spacial score (nSPS) is 15.1. The molecule has 2 rings (SSSR count). The van der Waals surface area contributed by atoms with Crippen LogP contribution in [0, 0.1) is 6.92 Å². The third kappa shape index (κ3) is 1.39. The molecule has 0 nitrogen and oxygen atoms in total. The number of rotatable bonds is 1. The standard InChI is InChI=1S/C13H18/c1-9(2)12-8-7-11-5-4-6-13(11)10(12)3/h7-9H,4-6H2,1-3H3. The molecule has 0 saturated carbocycles. The molecule has 0 amide bonds. The van der Waals surface area contributed by atoms with Crippen molar-refractivity contribution in [2.45, 2.75) is 46.0 Å². The Balaban J connectivity index is 2.52. The van der Waals surface area contributed by atoms with Crippen LogP contribution in [-0.2, 0) is 12.8 Å². The van der Waals surface area contributed by atoms with Gasteiger partial charge in [-0.3, -0.25) is 0 Å². The number of aryl methyl sites for hydroxylation is 1. The summed E-state index contributed by atoms with van der Waals surface area (Å²) in [4.78, 5) is 0. The van der Waals surface area contributed by atoms with E-state index in [2.05, 4.69) is 32.9 Å². The lowest BCUT2D eigenvalue weighted by Gasteiger charge is -2.13. The van der Waals surface area contributed by atoms with Gasteiger partial charge in [0.15, 0.2) is 0 Å². The van der Waals surface area contributed by atoms with Crippen LogP contribution in [-0.4, -0.2) is 0 Å². The van der Waals surface area contributed by atoms with Crippen molar-refractivity contribution in [2.75, 3.05) is 0 Å². The van der Waals surface area contributed by atoms with E-state index >= 15 is 0 Å². The zero-order valence-corrected chi connectivity index (χ0v) is 8.85. The molecule has 1 aliphatic rings. The Hall–Kier alpha value is -0.780. The maximum absolute atomic E-state index is 2.34. The summed E-state index contributed by atoms with van der Waals surface area (Å²) in [5.41, 5.74) is 6.35. The van der Waals surface area contributed by atoms with Crippen molar-refractivity contribution in [3.8, 4) is 0 Å². The molecule has 0 saturated heterocycles. The Kier molecular flexibility index (Phi) is 2.15. The second kappa shape index (κ2) is 3.17. The van der Waals surface area contributed by atoms with E-state index in [9.17, 15) is 0 Å². The first kappa shape index (κ1) is 8.80. The zero-order valence-electron chi connectivity index (χ0n) is 8.85. The fourth-order valence-corrected chi connectivity index (χ4v) is 2.49. The Morgan fingerprint density at radius 1 is 1.15 bits per heavy atom. The zero-order chi connectivity index (χ0) is 9.42. The van der Waals surface area contributed by atoms with E-state index in [1.807, 2.05) is 0 Å². The van der Waals surface area contributed by atoms with Gasteiger partial charge in [0.05, 0.1) is 0 Å². The predicted octanol–water partition coefficient (Wildman–Crippen LogP) is 3.61. The summed E-state index contributed by atoms with van der Waals surface area (Å²) in [6.45, 7) is 6.85. The van der Waals surface area contributed by atoms with Crippen molar-refractivity contribution < 1.29 is 0 Å². The van der Waals surface area contributed by atoms with Crippen LogP contribution in [0.5, 0.6) is 0 Å². The molecule has 0 heterocycles. The highest BCUT2D eigenvalue weighted by molar-refractivity contribution is 5.43. The summed E-state index contributed by atoms with van der Waals surface area (Å²) < 4.78 is 0. The molecule has 0 N–H and O–H groups in total. The molecule has 0 heteroatoms. The molecule has 70 valence electrons. The van der Waals surface area contributed by atoms with Gasteiger partial charge < -0.3 is 0 Å². The lowest BCUT2D eigenvalue weighted by atomic mass is 9.92. The van der Waals surface area contributed by atoms with E-state index < -0.39 is 0 Å². The van der Waals surface area contributed by atoms with Crippen molar-refractivity contribution in [3.05, 3.63) is 34.4 Å². The molecule has 0 bridgehead atoms. The predicted molar refractivity (Wildman–Crippen MR) is 57.3 cm³/mol. The van der Waals surface area contributed by atoms with Crippen LogP contribution >= 0.6 is 0 Å². The first-order valence-electron chi connectivity index (χ1n) is 5.31. The number of benzene rings is 1. The van der Waals surface area contributed by atoms with E-state index in [4.69, 9.17) is 0 Å². The van der Waals surface area contributed by atoms with E-state index in [0.717, 1.165) is 0 Å². The van der Waals surface area contributed by atoms with Crippen molar-refractivity contribution in [3.63, 3.8) is 0 Å². The quantitative estimate of drug-likeness (QED) is 0.610. The average molecular weight is 174 g/mol. The first-order valence-corrected chi connectivity index (χ1v) is 5.31. The lowest BCUT2D eigenvalue weighted by Crippen LogP contribution is -1.97. The van der Waals surface area contributed by atoms with Crippen LogP contribution in [0.2, 0.25) is 0 Å². The van der Waals surface area contributed by atoms with Gasteiger partial charge >= 0.3 is 0 Å². The largest absolute Gasteiger partial charge is 0.0587 e. The number of fused-ring (bicyclic) bond motifs is 1. The van der Waals surface area contributed by atoms with Crippen LogP contribution in [0.1, 0.15) is 48.4 Å². The second-order valence-electron chi connectivity index (χ2n) is 4.43. The molecule has 1 aliphatic carbocycles. The van der Waals surface area contributed by atoms with Crippen LogP contribution < -0.4 is 0 Å². The van der Waals surface area contributed by atoms with Crippen molar-refractivity contribution in [2.24, 2.45) is 0 Å². The summed E-state index contributed by atoms with van der Waals surface area (Å²) in [5, 5.41) is 0. The van der Waals surface area contributed by atoms with Crippen molar-refractivity contribution >= 4 is 0 Å². The smallest absolute Gasteiger partial charge is 0.0216 e. The molecule has 1 aromatic carbocycles. The Labute approximate surface area is 81.0 Å². The molecule has 0 radical (unpaired) electrons. The minimum absolute atomic E-state index is 0.672. The van der Waals surface area contributed by atoms with Gasteiger partial charge in [-0.1, -0.05) is 26.0 Å². The van der Waals surface area contributed by atoms with Gasteiger partial charge in [-0.15, -0.1) is 0 Å². The van der Waals surface area contributed by atoms with Gasteiger partial charge in [-0.05, 0) is 54.4 Å². The molecule has 0 aromatic heterocycles. The summed E-state index contributed by atoms with van der Waals surface area (Å²) in [6.07, 6.45) is 3.97. The Morgan fingerprint density at radius 2 is 1.92 bits per heavy atom. The van der Waals surface area contributed by atoms with Gasteiger partial charge in [-0.25, -0.2) is 0 Å². The van der Waals surface area contributed by atoms with Crippen molar-refractivity contribution in [1.29, 1.82) is 0 Å². The van der Waals surface area contributed by atoms with Crippen LogP contribution in [0.3, 0.4) is 0 Å². The summed E-state index contributed by atoms with van der Waals surface area (Å²) in [6, 6.07) is 4.66. The summed E-state index contributed by atoms with van der Waals surface area (Å²) in [5.74, 6) is 0.672. The SMILES string of the molecule is Cc1c(C(C)C)ccc2c1CCC2. The van der Waals surface area contributed by atoms with E-state index in [1.165, 1.54) is 19.3 Å². The lowest BCUT2D eigenvalue weighted by molar-refractivity contribution is 0.849. The third-order valence-electron chi connectivity index (χ3n) is 3.23. The first-order chi connectivity index (χ1) is 6.20. The Bertz CT molecular complexity index is 321. The minimum atomic E-state index is 0.672. The molecule has 0 aliphatic heterocycles. The number of hydrogen-bond acceptors (Lipinski definition) is 0. The van der Waals surface area contributed by atoms with E-state index in [1.54, 1.807) is 22.3 Å². The second-order valence-corrected chi connectivity index (χ2v) is 4.43. The van der Waals surface area contributed by atoms with Gasteiger partial charge in [-0.2, -0.15) is 0 Å². The van der Waals surface area contributed by atoms with E-state index in [0.29, 0.717) is 5.92 Å². The maximum Gasteiger partial charge on any atom is -0.0216 e. The van der Waals surface area contributed by atoms with Gasteiger partial charge in [0.25, 0.3) is 0 Å². The molecule has 1 aromatic rings. The minimum Gasteiger partial charge on any atom is -0.0587 e. The summed E-state index contributed by atoms with van der Waals surface area (Å²) >= 11 is 0. The summed E-state index contributed by atoms with van der Waals surface area (Å²) in [7, 11) is 0. The highest BCUT2D eigenvalue weighted by Gasteiger charge is 2.15. The molecular weight excluding hydrogens is 156 g/mol. The molecule has 0 fully saturated rings. The molecule has 0 unspecified atom stereocenters. The van der Waals surface area contributed by atoms with Crippen LogP contribution in [0.4, 0.5) is 0 Å². The molecule has 0 atom stereocenters. The topological polar surface area (TPSA) is 0 Å². The maximum atomic E-state index is 2.34. The number of hydrogen-bond donors (Lipinski definition) is 0. The molecule has 0 spiro atoms. The molecule has 13 heavy (non-hydrogen) atoms. The fourth-order valence-electron chi connectivity index (χ4n) is 2.49. The van der Waals surface area contributed by atoms with Crippen LogP contribution in [0.15, 0.2) is 12.1 Å². The van der Waals surface area contributed by atoms with Gasteiger partial charge in [0.2, 0.25) is 0 Å². The molecular formula is C13H18. The third-order valence-corrected chi connectivity index (χ3v) is 3.23. The van der Waals surface area contributed by atoms with Crippen molar-refractivity contribution in [1.82, 2.24) is 0 Å². The monoisotopic (exact) mass is 174 g/mol. The fraction of sp³-hybridized carbons (Fsp3) is 0.538. The van der Waals surface area contributed by atoms with Gasteiger partial charge in [0, 0.05) is 0 Å². The highest BCUT2D eigenvalue weighted by atomic mass is 14.2. The average Bonchev–Trinajstić information content (AvgIpc) is 2.52.